The van der Waals surface area contributed by atoms with Gasteiger partial charge in [0.1, 0.15) is 5.75 Å². The van der Waals surface area contributed by atoms with Gasteiger partial charge in [0.25, 0.3) is 0 Å². The van der Waals surface area contributed by atoms with E-state index in [1.165, 1.54) is 17.5 Å². The smallest absolute Gasteiger partial charge is 0.119 e. The highest BCUT2D eigenvalue weighted by molar-refractivity contribution is 5.46. The molecule has 2 heteroatoms. The summed E-state index contributed by atoms with van der Waals surface area (Å²) in [5, 5.41) is 20.6. The SMILES string of the molecule is CC(C)c1cc2c(cc1O)C1CC(O)CC(C)(C)C1CC2. The predicted octanol–water partition coefficient (Wildman–Crippen LogP) is 4.34. The molecule has 0 amide bonds. The Labute approximate surface area is 128 Å². The summed E-state index contributed by atoms with van der Waals surface area (Å²) in [6.07, 6.45) is 3.86. The van der Waals surface area contributed by atoms with Crippen LogP contribution >= 0.6 is 0 Å². The van der Waals surface area contributed by atoms with Crippen LogP contribution in [0.2, 0.25) is 0 Å². The molecule has 3 unspecified atom stereocenters. The van der Waals surface area contributed by atoms with Gasteiger partial charge in [0.05, 0.1) is 6.10 Å². The molecule has 1 saturated carbocycles. The fourth-order valence-electron chi connectivity index (χ4n) is 4.78. The third kappa shape index (κ3) is 2.48. The van der Waals surface area contributed by atoms with Crippen molar-refractivity contribution in [1.82, 2.24) is 0 Å². The van der Waals surface area contributed by atoms with Crippen LogP contribution in [0.5, 0.6) is 5.75 Å². The van der Waals surface area contributed by atoms with E-state index in [1.807, 2.05) is 6.07 Å². The number of fused-ring (bicyclic) bond motifs is 3. The van der Waals surface area contributed by atoms with Crippen LogP contribution in [0.15, 0.2) is 12.1 Å². The number of aromatic hydroxyl groups is 1. The summed E-state index contributed by atoms with van der Waals surface area (Å²) in [7, 11) is 0. The molecule has 0 bridgehead atoms. The minimum absolute atomic E-state index is 0.187. The molecule has 3 rings (SSSR count). The lowest BCUT2D eigenvalue weighted by Crippen LogP contribution is -2.42. The largest absolute Gasteiger partial charge is 0.508 e. The minimum Gasteiger partial charge on any atom is -0.508 e. The molecule has 2 aliphatic rings. The summed E-state index contributed by atoms with van der Waals surface area (Å²) in [5.41, 5.74) is 3.93. The fraction of sp³-hybridized carbons (Fsp3) is 0.684. The zero-order valence-corrected chi connectivity index (χ0v) is 13.7. The summed E-state index contributed by atoms with van der Waals surface area (Å²) in [4.78, 5) is 0. The predicted molar refractivity (Wildman–Crippen MR) is 85.8 cm³/mol. The molecule has 0 radical (unpaired) electrons. The lowest BCUT2D eigenvalue weighted by Gasteiger charge is -2.49. The van der Waals surface area contributed by atoms with Crippen molar-refractivity contribution >= 4 is 0 Å². The van der Waals surface area contributed by atoms with Gasteiger partial charge in [0, 0.05) is 0 Å². The maximum atomic E-state index is 10.4. The van der Waals surface area contributed by atoms with Crippen molar-refractivity contribution in [2.24, 2.45) is 11.3 Å². The molecule has 0 heterocycles. The molecule has 0 aliphatic heterocycles. The molecule has 2 aliphatic carbocycles. The molecule has 1 aromatic carbocycles. The van der Waals surface area contributed by atoms with Crippen LogP contribution in [-0.2, 0) is 6.42 Å². The third-order valence-corrected chi connectivity index (χ3v) is 5.81. The van der Waals surface area contributed by atoms with Gasteiger partial charge in [-0.3, -0.25) is 0 Å². The second-order valence-corrected chi connectivity index (χ2v) is 8.10. The number of aryl methyl sites for hydroxylation is 1. The average Bonchev–Trinajstić information content (AvgIpc) is 2.36. The molecule has 1 aromatic rings. The van der Waals surface area contributed by atoms with Gasteiger partial charge in [0.2, 0.25) is 0 Å². The van der Waals surface area contributed by atoms with E-state index in [9.17, 15) is 10.2 Å². The van der Waals surface area contributed by atoms with Crippen molar-refractivity contribution in [1.29, 1.82) is 0 Å². The molecule has 0 aromatic heterocycles. The lowest BCUT2D eigenvalue weighted by atomic mass is 9.57. The number of aliphatic hydroxyl groups is 1. The number of hydrogen-bond donors (Lipinski definition) is 2. The number of hydrogen-bond acceptors (Lipinski definition) is 2. The van der Waals surface area contributed by atoms with Gasteiger partial charge in [-0.15, -0.1) is 0 Å². The van der Waals surface area contributed by atoms with Gasteiger partial charge < -0.3 is 10.2 Å². The summed E-state index contributed by atoms with van der Waals surface area (Å²) < 4.78 is 0. The molecule has 116 valence electrons. The Kier molecular flexibility index (Phi) is 3.56. The number of phenolic OH excluding ortho intramolecular Hbond substituents is 1. The molecule has 2 nitrogen and oxygen atoms in total. The first-order valence-electron chi connectivity index (χ1n) is 8.33. The summed E-state index contributed by atoms with van der Waals surface area (Å²) in [6, 6.07) is 4.20. The van der Waals surface area contributed by atoms with Crippen LogP contribution in [0.1, 0.15) is 75.5 Å². The molecule has 3 atom stereocenters. The van der Waals surface area contributed by atoms with E-state index in [1.54, 1.807) is 0 Å². The molecule has 0 saturated heterocycles. The van der Waals surface area contributed by atoms with Gasteiger partial charge in [-0.1, -0.05) is 33.8 Å². The van der Waals surface area contributed by atoms with Crippen molar-refractivity contribution in [2.75, 3.05) is 0 Å². The summed E-state index contributed by atoms with van der Waals surface area (Å²) >= 11 is 0. The molecule has 0 spiro atoms. The van der Waals surface area contributed by atoms with E-state index in [0.717, 1.165) is 24.8 Å². The van der Waals surface area contributed by atoms with Gasteiger partial charge in [-0.2, -0.15) is 0 Å². The summed E-state index contributed by atoms with van der Waals surface area (Å²) in [5.74, 6) is 1.81. The van der Waals surface area contributed by atoms with E-state index in [0.29, 0.717) is 23.5 Å². The van der Waals surface area contributed by atoms with Gasteiger partial charge in [-0.25, -0.2) is 0 Å². The average molecular weight is 288 g/mol. The maximum absolute atomic E-state index is 10.4. The fourth-order valence-corrected chi connectivity index (χ4v) is 4.78. The van der Waals surface area contributed by atoms with Crippen LogP contribution in [0.3, 0.4) is 0 Å². The maximum Gasteiger partial charge on any atom is 0.119 e. The second-order valence-electron chi connectivity index (χ2n) is 8.10. The monoisotopic (exact) mass is 288 g/mol. The topological polar surface area (TPSA) is 40.5 Å². The molecule has 21 heavy (non-hydrogen) atoms. The first-order valence-corrected chi connectivity index (χ1v) is 8.33. The number of phenols is 1. The highest BCUT2D eigenvalue weighted by atomic mass is 16.3. The van der Waals surface area contributed by atoms with Gasteiger partial charge in [-0.05, 0) is 71.6 Å². The Hall–Kier alpha value is -1.02. The third-order valence-electron chi connectivity index (χ3n) is 5.81. The number of aliphatic hydroxyl groups excluding tert-OH is 1. The Morgan fingerprint density at radius 2 is 1.95 bits per heavy atom. The van der Waals surface area contributed by atoms with Crippen molar-refractivity contribution < 1.29 is 10.2 Å². The first kappa shape index (κ1) is 14.9. The normalized spacial score (nSPS) is 30.9. The molecular weight excluding hydrogens is 260 g/mol. The van der Waals surface area contributed by atoms with Crippen LogP contribution in [0, 0.1) is 11.3 Å². The van der Waals surface area contributed by atoms with Crippen LogP contribution in [0.4, 0.5) is 0 Å². The highest BCUT2D eigenvalue weighted by Gasteiger charge is 2.45. The number of benzene rings is 1. The van der Waals surface area contributed by atoms with Crippen molar-refractivity contribution in [3.05, 3.63) is 28.8 Å². The quantitative estimate of drug-likeness (QED) is 0.807. The van der Waals surface area contributed by atoms with Crippen LogP contribution in [0.25, 0.3) is 0 Å². The van der Waals surface area contributed by atoms with Crippen LogP contribution in [-0.4, -0.2) is 16.3 Å². The Morgan fingerprint density at radius 1 is 1.24 bits per heavy atom. The summed E-state index contributed by atoms with van der Waals surface area (Å²) in [6.45, 7) is 8.84. The van der Waals surface area contributed by atoms with Crippen LogP contribution < -0.4 is 0 Å². The van der Waals surface area contributed by atoms with E-state index < -0.39 is 0 Å². The van der Waals surface area contributed by atoms with Gasteiger partial charge >= 0.3 is 0 Å². The molecular formula is C19H28O2. The highest BCUT2D eigenvalue weighted by Crippen LogP contribution is 2.54. The van der Waals surface area contributed by atoms with Crippen molar-refractivity contribution in [3.8, 4) is 5.75 Å². The zero-order chi connectivity index (χ0) is 15.4. The minimum atomic E-state index is -0.209. The van der Waals surface area contributed by atoms with E-state index >= 15 is 0 Å². The first-order chi connectivity index (χ1) is 9.79. The van der Waals surface area contributed by atoms with E-state index in [2.05, 4.69) is 33.8 Å². The zero-order valence-electron chi connectivity index (χ0n) is 13.7. The van der Waals surface area contributed by atoms with Crippen molar-refractivity contribution in [2.45, 2.75) is 71.3 Å². The molecule has 2 N–H and O–H groups in total. The van der Waals surface area contributed by atoms with E-state index in [-0.39, 0.29) is 11.5 Å². The Bertz CT molecular complexity index is 545. The number of rotatable bonds is 1. The lowest BCUT2D eigenvalue weighted by molar-refractivity contribution is -0.0000407. The standard InChI is InChI=1S/C19H28O2/c1-11(2)14-7-12-5-6-17-16(15(12)9-18(14)21)8-13(20)10-19(17,3)4/h7,9,11,13,16-17,20-21H,5-6,8,10H2,1-4H3. The van der Waals surface area contributed by atoms with Crippen molar-refractivity contribution in [3.63, 3.8) is 0 Å². The Balaban J connectivity index is 2.04. The molecule has 1 fully saturated rings. The van der Waals surface area contributed by atoms with Gasteiger partial charge in [0.15, 0.2) is 0 Å². The Morgan fingerprint density at radius 3 is 2.62 bits per heavy atom. The van der Waals surface area contributed by atoms with E-state index in [4.69, 9.17) is 0 Å². The second kappa shape index (κ2) is 5.01.